The second-order valence-electron chi connectivity index (χ2n) is 8.41. The number of aryl methyl sites for hydroxylation is 1. The SMILES string of the molecule is C=CCOc1ccc([C@@H]2/C(=C(\O)c3ccc(C)cc3)C(=O)C(=O)N2CCCN(CC)CC)cc1. The van der Waals surface area contributed by atoms with E-state index >= 15 is 0 Å². The molecule has 0 saturated carbocycles. The minimum atomic E-state index is -0.661. The van der Waals surface area contributed by atoms with E-state index in [0.29, 0.717) is 24.5 Å². The Balaban J connectivity index is 2.00. The number of benzene rings is 2. The van der Waals surface area contributed by atoms with Crippen LogP contribution in [-0.2, 0) is 9.59 Å². The topological polar surface area (TPSA) is 70.1 Å². The fourth-order valence-electron chi connectivity index (χ4n) is 4.23. The molecule has 0 bridgehead atoms. The van der Waals surface area contributed by atoms with Crippen LogP contribution in [0.2, 0.25) is 0 Å². The van der Waals surface area contributed by atoms with Crippen LogP contribution in [0.15, 0.2) is 66.8 Å². The maximum absolute atomic E-state index is 13.1. The molecule has 0 aliphatic carbocycles. The van der Waals surface area contributed by atoms with Gasteiger partial charge in [-0.3, -0.25) is 9.59 Å². The Bertz CT molecular complexity index is 1040. The number of nitrogens with zero attached hydrogens (tertiary/aromatic N) is 2. The zero-order valence-electron chi connectivity index (χ0n) is 20.3. The van der Waals surface area contributed by atoms with Crippen molar-refractivity contribution in [1.29, 1.82) is 0 Å². The first-order valence-electron chi connectivity index (χ1n) is 11.8. The Labute approximate surface area is 202 Å². The lowest BCUT2D eigenvalue weighted by molar-refractivity contribution is -0.140. The lowest BCUT2D eigenvalue weighted by Gasteiger charge is -2.27. The summed E-state index contributed by atoms with van der Waals surface area (Å²) in [4.78, 5) is 30.1. The van der Waals surface area contributed by atoms with Crippen LogP contribution >= 0.6 is 0 Å². The van der Waals surface area contributed by atoms with Crippen LogP contribution in [-0.4, -0.2) is 59.4 Å². The summed E-state index contributed by atoms with van der Waals surface area (Å²) in [7, 11) is 0. The number of aliphatic hydroxyl groups excluding tert-OH is 1. The second-order valence-corrected chi connectivity index (χ2v) is 8.41. The number of carbonyl (C=O) groups excluding carboxylic acids is 2. The van der Waals surface area contributed by atoms with E-state index in [1.54, 1.807) is 35.2 Å². The number of likely N-dealkylation sites (tertiary alicyclic amines) is 1. The molecule has 1 atom stereocenters. The van der Waals surface area contributed by atoms with Gasteiger partial charge in [0.25, 0.3) is 11.7 Å². The van der Waals surface area contributed by atoms with Crippen molar-refractivity contribution in [2.24, 2.45) is 0 Å². The molecular formula is C28H34N2O4. The zero-order valence-corrected chi connectivity index (χ0v) is 20.3. The predicted octanol–water partition coefficient (Wildman–Crippen LogP) is 4.71. The average Bonchev–Trinajstić information content (AvgIpc) is 3.10. The standard InChI is InChI=1S/C28H34N2O4/c1-5-19-34-23-15-13-21(14-16-23)25-24(26(31)22-11-9-20(4)10-12-22)27(32)28(33)30(25)18-8-17-29(6-2)7-3/h5,9-16,25,31H,1,6-8,17-19H2,2-4H3/b26-24+/t25-/m1/s1. The molecule has 1 aliphatic rings. The van der Waals surface area contributed by atoms with Crippen LogP contribution in [0.25, 0.3) is 5.76 Å². The Kier molecular flexibility index (Phi) is 8.66. The molecule has 0 unspecified atom stereocenters. The lowest BCUT2D eigenvalue weighted by Crippen LogP contribution is -2.33. The average molecular weight is 463 g/mol. The van der Waals surface area contributed by atoms with Gasteiger partial charge in [-0.2, -0.15) is 0 Å². The first kappa shape index (κ1) is 25.2. The number of rotatable bonds is 11. The van der Waals surface area contributed by atoms with Crippen LogP contribution in [0.5, 0.6) is 5.75 Å². The van der Waals surface area contributed by atoms with Gasteiger partial charge >= 0.3 is 0 Å². The number of Topliss-reactive ketones (excluding diaryl/α,β-unsaturated/α-hetero) is 1. The molecule has 6 nitrogen and oxygen atoms in total. The number of ketones is 1. The zero-order chi connectivity index (χ0) is 24.7. The van der Waals surface area contributed by atoms with Gasteiger partial charge in [0.05, 0.1) is 11.6 Å². The quantitative estimate of drug-likeness (QED) is 0.227. The molecule has 0 radical (unpaired) electrons. The van der Waals surface area contributed by atoms with Gasteiger partial charge in [-0.15, -0.1) is 0 Å². The van der Waals surface area contributed by atoms with E-state index in [-0.39, 0.29) is 11.3 Å². The molecule has 6 heteroatoms. The summed E-state index contributed by atoms with van der Waals surface area (Å²) in [5.41, 5.74) is 2.43. The van der Waals surface area contributed by atoms with E-state index < -0.39 is 17.7 Å². The molecule has 180 valence electrons. The van der Waals surface area contributed by atoms with E-state index in [0.717, 1.165) is 37.2 Å². The third-order valence-electron chi connectivity index (χ3n) is 6.20. The van der Waals surface area contributed by atoms with Gasteiger partial charge in [0.15, 0.2) is 0 Å². The Hall–Kier alpha value is -3.38. The van der Waals surface area contributed by atoms with Gasteiger partial charge in [-0.05, 0) is 50.7 Å². The second kappa shape index (κ2) is 11.7. The highest BCUT2D eigenvalue weighted by Gasteiger charge is 2.45. The summed E-state index contributed by atoms with van der Waals surface area (Å²) in [6, 6.07) is 13.9. The summed E-state index contributed by atoms with van der Waals surface area (Å²) in [5, 5.41) is 11.1. The largest absolute Gasteiger partial charge is 0.507 e. The number of hydrogen-bond donors (Lipinski definition) is 1. The van der Waals surface area contributed by atoms with Crippen molar-refractivity contribution >= 4 is 17.4 Å². The maximum atomic E-state index is 13.1. The highest BCUT2D eigenvalue weighted by Crippen LogP contribution is 2.40. The van der Waals surface area contributed by atoms with Crippen molar-refractivity contribution in [2.45, 2.75) is 33.2 Å². The van der Waals surface area contributed by atoms with Crippen LogP contribution in [0.4, 0.5) is 0 Å². The molecule has 1 heterocycles. The minimum absolute atomic E-state index is 0.122. The molecule has 1 aliphatic heterocycles. The fourth-order valence-corrected chi connectivity index (χ4v) is 4.23. The van der Waals surface area contributed by atoms with Gasteiger partial charge in [-0.25, -0.2) is 0 Å². The molecule has 1 saturated heterocycles. The van der Waals surface area contributed by atoms with Crippen molar-refractivity contribution in [3.8, 4) is 5.75 Å². The molecule has 2 aromatic carbocycles. The number of aliphatic hydroxyl groups is 1. The van der Waals surface area contributed by atoms with Gasteiger partial charge in [0, 0.05) is 12.1 Å². The number of carbonyl (C=O) groups is 2. The van der Waals surface area contributed by atoms with Crippen molar-refractivity contribution in [3.63, 3.8) is 0 Å². The van der Waals surface area contributed by atoms with E-state index in [9.17, 15) is 14.7 Å². The third kappa shape index (κ3) is 5.57. The molecule has 1 N–H and O–H groups in total. The Morgan fingerprint density at radius 2 is 1.74 bits per heavy atom. The Morgan fingerprint density at radius 3 is 2.32 bits per heavy atom. The van der Waals surface area contributed by atoms with Crippen LogP contribution in [0.3, 0.4) is 0 Å². The number of amides is 1. The Morgan fingerprint density at radius 1 is 1.09 bits per heavy atom. The van der Waals surface area contributed by atoms with Gasteiger partial charge in [0.2, 0.25) is 0 Å². The highest BCUT2D eigenvalue weighted by molar-refractivity contribution is 6.46. The monoisotopic (exact) mass is 462 g/mol. The molecule has 2 aromatic rings. The molecular weight excluding hydrogens is 428 g/mol. The van der Waals surface area contributed by atoms with Crippen molar-refractivity contribution in [2.75, 3.05) is 32.8 Å². The smallest absolute Gasteiger partial charge is 0.295 e. The molecule has 0 aromatic heterocycles. The van der Waals surface area contributed by atoms with E-state index in [4.69, 9.17) is 4.74 Å². The first-order valence-corrected chi connectivity index (χ1v) is 11.8. The predicted molar refractivity (Wildman–Crippen MR) is 135 cm³/mol. The van der Waals surface area contributed by atoms with Crippen LogP contribution in [0.1, 0.15) is 43.0 Å². The molecule has 1 fully saturated rings. The van der Waals surface area contributed by atoms with Crippen molar-refractivity contribution < 1.29 is 19.4 Å². The summed E-state index contributed by atoms with van der Waals surface area (Å²) in [5.74, 6) is -0.717. The number of hydrogen-bond acceptors (Lipinski definition) is 5. The fraction of sp³-hybridized carbons (Fsp3) is 0.357. The highest BCUT2D eigenvalue weighted by atomic mass is 16.5. The van der Waals surface area contributed by atoms with Gasteiger partial charge in [-0.1, -0.05) is 68.5 Å². The van der Waals surface area contributed by atoms with Crippen molar-refractivity contribution in [1.82, 2.24) is 9.80 Å². The first-order chi connectivity index (χ1) is 16.4. The summed E-state index contributed by atoms with van der Waals surface area (Å²) in [6.07, 6.45) is 2.40. The molecule has 1 amide bonds. The van der Waals surface area contributed by atoms with E-state index in [2.05, 4.69) is 25.3 Å². The van der Waals surface area contributed by atoms with E-state index in [1.807, 2.05) is 31.2 Å². The molecule has 3 rings (SSSR count). The normalized spacial score (nSPS) is 17.4. The van der Waals surface area contributed by atoms with E-state index in [1.165, 1.54) is 0 Å². The third-order valence-corrected chi connectivity index (χ3v) is 6.20. The summed E-state index contributed by atoms with van der Waals surface area (Å²) in [6.45, 7) is 13.3. The van der Waals surface area contributed by atoms with Crippen LogP contribution in [0, 0.1) is 6.92 Å². The number of ether oxygens (including phenoxy) is 1. The maximum Gasteiger partial charge on any atom is 0.295 e. The van der Waals surface area contributed by atoms with Crippen LogP contribution < -0.4 is 4.74 Å². The minimum Gasteiger partial charge on any atom is -0.507 e. The van der Waals surface area contributed by atoms with Crippen molar-refractivity contribution in [3.05, 3.63) is 83.4 Å². The van der Waals surface area contributed by atoms with Gasteiger partial charge in [0.1, 0.15) is 18.1 Å². The lowest BCUT2D eigenvalue weighted by atomic mass is 9.95. The summed E-state index contributed by atoms with van der Waals surface area (Å²) >= 11 is 0. The molecule has 34 heavy (non-hydrogen) atoms. The van der Waals surface area contributed by atoms with Gasteiger partial charge < -0.3 is 19.6 Å². The summed E-state index contributed by atoms with van der Waals surface area (Å²) < 4.78 is 5.58. The molecule has 0 spiro atoms.